The number of H-pyrrole nitrogens is 3. The van der Waals surface area contributed by atoms with Crippen molar-refractivity contribution in [2.45, 2.75) is 19.3 Å². The molecule has 0 aliphatic carbocycles. The lowest BCUT2D eigenvalue weighted by Crippen LogP contribution is -1.87. The molecule has 9 aromatic rings. The maximum absolute atomic E-state index is 4.36. The van der Waals surface area contributed by atoms with Gasteiger partial charge in [-0.2, -0.15) is 15.3 Å². The smallest absolute Gasteiger partial charge is 0.0923 e. The maximum atomic E-state index is 4.36. The fourth-order valence-electron chi connectivity index (χ4n) is 6.07. The van der Waals surface area contributed by atoms with Crippen molar-refractivity contribution in [1.82, 2.24) is 30.6 Å². The summed E-state index contributed by atoms with van der Waals surface area (Å²) in [4.78, 5) is 0. The number of hydrogen-bond donors (Lipinski definition) is 3. The van der Waals surface area contributed by atoms with Crippen LogP contribution in [0.1, 0.15) is 33.8 Å². The average Bonchev–Trinajstić information content (AvgIpc) is 4.03. The first-order valence-electron chi connectivity index (χ1n) is 18.2. The molecule has 3 N–H and O–H groups in total. The molecule has 9 rings (SSSR count). The zero-order chi connectivity index (χ0) is 36.6. The molecule has 0 amide bonds. The van der Waals surface area contributed by atoms with Gasteiger partial charge in [0.15, 0.2) is 0 Å². The van der Waals surface area contributed by atoms with Crippen molar-refractivity contribution in [3.05, 3.63) is 234 Å². The minimum Gasteiger partial charge on any atom is -0.282 e. The molecular weight excluding hydrogens is 661 g/mol. The highest BCUT2D eigenvalue weighted by Crippen LogP contribution is 2.21. The predicted molar refractivity (Wildman–Crippen MR) is 220 cm³/mol. The highest BCUT2D eigenvalue weighted by Gasteiger charge is 2.06. The normalized spacial score (nSPS) is 10.4. The first-order chi connectivity index (χ1) is 26.7. The van der Waals surface area contributed by atoms with Gasteiger partial charge in [-0.15, -0.1) is 0 Å². The van der Waals surface area contributed by atoms with Crippen LogP contribution in [0.5, 0.6) is 0 Å². The molecule has 0 saturated carbocycles. The summed E-state index contributed by atoms with van der Waals surface area (Å²) >= 11 is 0. The minimum atomic E-state index is 0.890. The van der Waals surface area contributed by atoms with Gasteiger partial charge in [0.1, 0.15) is 0 Å². The summed E-state index contributed by atoms with van der Waals surface area (Å²) in [7, 11) is 0. The molecule has 6 heteroatoms. The van der Waals surface area contributed by atoms with Gasteiger partial charge in [-0.1, -0.05) is 182 Å². The van der Waals surface area contributed by atoms with Crippen molar-refractivity contribution >= 4 is 0 Å². The second-order valence-electron chi connectivity index (χ2n) is 12.9. The second kappa shape index (κ2) is 18.4. The van der Waals surface area contributed by atoms with Crippen LogP contribution in [0.2, 0.25) is 0 Å². The van der Waals surface area contributed by atoms with E-state index in [1.54, 1.807) is 0 Å². The third kappa shape index (κ3) is 10.3. The Balaban J connectivity index is 0.000000125. The Morgan fingerprint density at radius 1 is 0.278 bits per heavy atom. The molecular formula is C48H42N6. The third-order valence-corrected chi connectivity index (χ3v) is 8.81. The van der Waals surface area contributed by atoms with Gasteiger partial charge in [-0.25, -0.2) is 0 Å². The van der Waals surface area contributed by atoms with E-state index in [0.717, 1.165) is 70.1 Å². The van der Waals surface area contributed by atoms with E-state index in [4.69, 9.17) is 0 Å². The lowest BCUT2D eigenvalue weighted by molar-refractivity contribution is 0.998. The lowest BCUT2D eigenvalue weighted by atomic mass is 10.1. The lowest BCUT2D eigenvalue weighted by Gasteiger charge is -1.96. The predicted octanol–water partition coefficient (Wildman–Crippen LogP) is 11.0. The van der Waals surface area contributed by atoms with E-state index < -0.39 is 0 Å². The molecule has 0 fully saturated rings. The Morgan fingerprint density at radius 3 is 0.741 bits per heavy atom. The van der Waals surface area contributed by atoms with Crippen LogP contribution in [0, 0.1) is 0 Å². The van der Waals surface area contributed by atoms with Gasteiger partial charge in [0.05, 0.1) is 17.1 Å². The number of nitrogens with zero attached hydrogens (tertiary/aromatic N) is 3. The van der Waals surface area contributed by atoms with E-state index in [2.05, 4.69) is 158 Å². The molecule has 0 unspecified atom stereocenters. The summed E-state index contributed by atoms with van der Waals surface area (Å²) in [6.45, 7) is 0. The first kappa shape index (κ1) is 35.4. The highest BCUT2D eigenvalue weighted by atomic mass is 15.1. The number of hydrogen-bond acceptors (Lipinski definition) is 3. The van der Waals surface area contributed by atoms with Crippen molar-refractivity contribution < 1.29 is 0 Å². The Labute approximate surface area is 316 Å². The molecule has 0 radical (unpaired) electrons. The van der Waals surface area contributed by atoms with Crippen LogP contribution >= 0.6 is 0 Å². The minimum absolute atomic E-state index is 0.890. The zero-order valence-electron chi connectivity index (χ0n) is 30.0. The number of benzene rings is 6. The van der Waals surface area contributed by atoms with Crippen LogP contribution < -0.4 is 0 Å². The van der Waals surface area contributed by atoms with Crippen molar-refractivity contribution in [3.63, 3.8) is 0 Å². The van der Waals surface area contributed by atoms with Crippen LogP contribution in [0.15, 0.2) is 200 Å². The Hall–Kier alpha value is -7.05. The van der Waals surface area contributed by atoms with Crippen LogP contribution in [-0.4, -0.2) is 30.6 Å². The molecule has 0 bridgehead atoms. The quantitative estimate of drug-likeness (QED) is 0.140. The SMILES string of the molecule is c1ccc(Cc2cc(-c3ccccc3)n[nH]2)cc1.c1ccc(Cc2cc(-c3ccccc3)n[nH]2)cc1.c1ccc(Cc2cc(-c3ccccc3)n[nH]2)cc1. The number of aromatic amines is 3. The summed E-state index contributed by atoms with van der Waals surface area (Å²) in [5, 5.41) is 22.4. The van der Waals surface area contributed by atoms with Crippen molar-refractivity contribution in [1.29, 1.82) is 0 Å². The summed E-state index contributed by atoms with van der Waals surface area (Å²) in [6, 6.07) is 68.2. The topological polar surface area (TPSA) is 86.0 Å². The molecule has 0 aliphatic rings. The largest absolute Gasteiger partial charge is 0.282 e. The molecule has 3 aromatic heterocycles. The van der Waals surface area contributed by atoms with Crippen LogP contribution in [0.25, 0.3) is 33.8 Å². The summed E-state index contributed by atoms with van der Waals surface area (Å²) in [5.41, 5.74) is 13.7. The molecule has 6 nitrogen and oxygen atoms in total. The summed E-state index contributed by atoms with van der Waals surface area (Å²) in [6.07, 6.45) is 2.67. The monoisotopic (exact) mass is 702 g/mol. The van der Waals surface area contributed by atoms with E-state index in [1.807, 2.05) is 72.8 Å². The first-order valence-corrected chi connectivity index (χ1v) is 18.2. The second-order valence-corrected chi connectivity index (χ2v) is 12.9. The van der Waals surface area contributed by atoms with Gasteiger partial charge in [0, 0.05) is 53.0 Å². The fourth-order valence-corrected chi connectivity index (χ4v) is 6.07. The number of rotatable bonds is 9. The van der Waals surface area contributed by atoms with Gasteiger partial charge in [-0.3, -0.25) is 15.3 Å². The average molecular weight is 703 g/mol. The Kier molecular flexibility index (Phi) is 12.1. The zero-order valence-corrected chi connectivity index (χ0v) is 30.0. The fraction of sp³-hybridized carbons (Fsp3) is 0.0625. The Bertz CT molecular complexity index is 2110. The molecule has 0 atom stereocenters. The van der Waals surface area contributed by atoms with E-state index in [9.17, 15) is 0 Å². The van der Waals surface area contributed by atoms with Gasteiger partial charge in [0.25, 0.3) is 0 Å². The van der Waals surface area contributed by atoms with Gasteiger partial charge in [-0.05, 0) is 34.9 Å². The maximum Gasteiger partial charge on any atom is 0.0923 e. The van der Waals surface area contributed by atoms with Gasteiger partial charge >= 0.3 is 0 Å². The molecule has 0 saturated heterocycles. The number of aromatic nitrogens is 6. The highest BCUT2D eigenvalue weighted by molar-refractivity contribution is 5.60. The molecule has 0 spiro atoms. The molecule has 6 aromatic carbocycles. The standard InChI is InChI=1S/3C16H14N2/c3*1-3-7-13(8-4-1)11-15-12-16(18-17-15)14-9-5-2-6-10-14/h3*1-10,12H,11H2,(H,17,18). The summed E-state index contributed by atoms with van der Waals surface area (Å²) in [5.74, 6) is 0. The van der Waals surface area contributed by atoms with Crippen molar-refractivity contribution in [2.24, 2.45) is 0 Å². The van der Waals surface area contributed by atoms with E-state index in [-0.39, 0.29) is 0 Å². The molecule has 3 heterocycles. The van der Waals surface area contributed by atoms with Gasteiger partial charge < -0.3 is 0 Å². The third-order valence-electron chi connectivity index (χ3n) is 8.81. The molecule has 54 heavy (non-hydrogen) atoms. The number of nitrogens with one attached hydrogen (secondary N) is 3. The van der Waals surface area contributed by atoms with E-state index in [1.165, 1.54) is 16.7 Å². The van der Waals surface area contributed by atoms with E-state index in [0.29, 0.717) is 0 Å². The van der Waals surface area contributed by atoms with Gasteiger partial charge in [0.2, 0.25) is 0 Å². The van der Waals surface area contributed by atoms with Crippen molar-refractivity contribution in [3.8, 4) is 33.8 Å². The summed E-state index contributed by atoms with van der Waals surface area (Å²) < 4.78 is 0. The van der Waals surface area contributed by atoms with E-state index >= 15 is 0 Å². The van der Waals surface area contributed by atoms with Crippen LogP contribution in [0.4, 0.5) is 0 Å². The Morgan fingerprint density at radius 2 is 0.500 bits per heavy atom. The van der Waals surface area contributed by atoms with Crippen LogP contribution in [0.3, 0.4) is 0 Å². The molecule has 0 aliphatic heterocycles. The molecule has 264 valence electrons. The van der Waals surface area contributed by atoms with Crippen LogP contribution in [-0.2, 0) is 19.3 Å². The van der Waals surface area contributed by atoms with Crippen molar-refractivity contribution in [2.75, 3.05) is 0 Å².